The first-order valence-corrected chi connectivity index (χ1v) is 5.86. The van der Waals surface area contributed by atoms with Gasteiger partial charge in [-0.2, -0.15) is 4.98 Å². The van der Waals surface area contributed by atoms with E-state index in [9.17, 15) is 0 Å². The van der Waals surface area contributed by atoms with Crippen LogP contribution in [-0.4, -0.2) is 23.9 Å². The number of nitrogens with zero attached hydrogens (tertiary/aromatic N) is 2. The SMILES string of the molecule is COCCC(N)c1nc(-c2cccc(C)c2)no1. The number of hydrogen-bond acceptors (Lipinski definition) is 5. The van der Waals surface area contributed by atoms with E-state index in [-0.39, 0.29) is 6.04 Å². The summed E-state index contributed by atoms with van der Waals surface area (Å²) in [5.41, 5.74) is 8.02. The Kier molecular flexibility index (Phi) is 4.07. The van der Waals surface area contributed by atoms with Gasteiger partial charge in [-0.3, -0.25) is 0 Å². The molecule has 0 aliphatic rings. The number of aromatic nitrogens is 2. The Labute approximate surface area is 106 Å². The minimum atomic E-state index is -0.281. The van der Waals surface area contributed by atoms with Crippen LogP contribution in [-0.2, 0) is 4.74 Å². The van der Waals surface area contributed by atoms with Gasteiger partial charge in [0.1, 0.15) is 0 Å². The maximum Gasteiger partial charge on any atom is 0.243 e. The molecular weight excluding hydrogens is 230 g/mol. The molecule has 0 saturated carbocycles. The van der Waals surface area contributed by atoms with Gasteiger partial charge in [0.15, 0.2) is 0 Å². The van der Waals surface area contributed by atoms with Gasteiger partial charge in [0, 0.05) is 19.3 Å². The van der Waals surface area contributed by atoms with Crippen molar-refractivity contribution in [3.05, 3.63) is 35.7 Å². The highest BCUT2D eigenvalue weighted by Gasteiger charge is 2.15. The summed E-state index contributed by atoms with van der Waals surface area (Å²) in [6, 6.07) is 7.66. The van der Waals surface area contributed by atoms with E-state index in [1.807, 2.05) is 31.2 Å². The molecule has 0 spiro atoms. The summed E-state index contributed by atoms with van der Waals surface area (Å²) in [5, 5.41) is 3.95. The summed E-state index contributed by atoms with van der Waals surface area (Å²) >= 11 is 0. The molecular formula is C13H17N3O2. The van der Waals surface area contributed by atoms with Crippen LogP contribution >= 0.6 is 0 Å². The van der Waals surface area contributed by atoms with E-state index in [1.165, 1.54) is 0 Å². The van der Waals surface area contributed by atoms with Crippen molar-refractivity contribution < 1.29 is 9.26 Å². The maximum absolute atomic E-state index is 5.93. The summed E-state index contributed by atoms with van der Waals surface area (Å²) in [5.74, 6) is 1.02. The van der Waals surface area contributed by atoms with Crippen LogP contribution in [0.5, 0.6) is 0 Å². The molecule has 0 bridgehead atoms. The molecule has 5 nitrogen and oxygen atoms in total. The molecule has 1 heterocycles. The lowest BCUT2D eigenvalue weighted by Crippen LogP contribution is -2.12. The average molecular weight is 247 g/mol. The lowest BCUT2D eigenvalue weighted by atomic mass is 10.1. The van der Waals surface area contributed by atoms with Gasteiger partial charge < -0.3 is 15.0 Å². The number of rotatable bonds is 5. The Morgan fingerprint density at radius 3 is 3.00 bits per heavy atom. The van der Waals surface area contributed by atoms with Crippen molar-refractivity contribution in [3.63, 3.8) is 0 Å². The zero-order valence-corrected chi connectivity index (χ0v) is 10.6. The van der Waals surface area contributed by atoms with Crippen LogP contribution < -0.4 is 5.73 Å². The predicted octanol–water partition coefficient (Wildman–Crippen LogP) is 2.08. The van der Waals surface area contributed by atoms with Gasteiger partial charge in [-0.05, 0) is 19.4 Å². The Morgan fingerprint density at radius 2 is 2.28 bits per heavy atom. The van der Waals surface area contributed by atoms with E-state index in [2.05, 4.69) is 10.1 Å². The van der Waals surface area contributed by atoms with Crippen molar-refractivity contribution in [3.8, 4) is 11.4 Å². The van der Waals surface area contributed by atoms with Crippen molar-refractivity contribution in [2.75, 3.05) is 13.7 Å². The van der Waals surface area contributed by atoms with Crippen LogP contribution in [0.2, 0.25) is 0 Å². The predicted molar refractivity (Wildman–Crippen MR) is 67.9 cm³/mol. The highest BCUT2D eigenvalue weighted by atomic mass is 16.5. The zero-order valence-electron chi connectivity index (χ0n) is 10.6. The van der Waals surface area contributed by atoms with Gasteiger partial charge in [0.2, 0.25) is 11.7 Å². The normalized spacial score (nSPS) is 12.6. The molecule has 2 rings (SSSR count). The van der Waals surface area contributed by atoms with E-state index < -0.39 is 0 Å². The Hall–Kier alpha value is -1.72. The van der Waals surface area contributed by atoms with Crippen molar-refractivity contribution in [2.45, 2.75) is 19.4 Å². The van der Waals surface area contributed by atoms with Crippen LogP contribution in [0.25, 0.3) is 11.4 Å². The highest BCUT2D eigenvalue weighted by Crippen LogP contribution is 2.19. The first-order chi connectivity index (χ1) is 8.70. The monoisotopic (exact) mass is 247 g/mol. The lowest BCUT2D eigenvalue weighted by Gasteiger charge is -2.04. The molecule has 0 saturated heterocycles. The van der Waals surface area contributed by atoms with Crippen LogP contribution in [0.15, 0.2) is 28.8 Å². The largest absolute Gasteiger partial charge is 0.385 e. The molecule has 0 fully saturated rings. The maximum atomic E-state index is 5.93. The topological polar surface area (TPSA) is 74.2 Å². The summed E-state index contributed by atoms with van der Waals surface area (Å²) < 4.78 is 10.1. The number of nitrogens with two attached hydrogens (primary N) is 1. The summed E-state index contributed by atoms with van der Waals surface area (Å²) in [7, 11) is 1.64. The lowest BCUT2D eigenvalue weighted by molar-refractivity contribution is 0.182. The molecule has 0 aliphatic carbocycles. The van der Waals surface area contributed by atoms with Crippen LogP contribution in [0.3, 0.4) is 0 Å². The van der Waals surface area contributed by atoms with E-state index in [0.29, 0.717) is 24.7 Å². The van der Waals surface area contributed by atoms with E-state index in [1.54, 1.807) is 7.11 Å². The Balaban J connectivity index is 2.15. The van der Waals surface area contributed by atoms with Crippen LogP contribution in [0.4, 0.5) is 0 Å². The fourth-order valence-corrected chi connectivity index (χ4v) is 1.66. The van der Waals surface area contributed by atoms with Gasteiger partial charge in [-0.15, -0.1) is 0 Å². The molecule has 5 heteroatoms. The number of methoxy groups -OCH3 is 1. The summed E-state index contributed by atoms with van der Waals surface area (Å²) in [6.45, 7) is 2.60. The Morgan fingerprint density at radius 1 is 1.44 bits per heavy atom. The zero-order chi connectivity index (χ0) is 13.0. The molecule has 0 aliphatic heterocycles. The summed E-state index contributed by atoms with van der Waals surface area (Å²) in [4.78, 5) is 4.32. The standard InChI is InChI=1S/C13H17N3O2/c1-9-4-3-5-10(8-9)12-15-13(18-16-12)11(14)6-7-17-2/h3-5,8,11H,6-7,14H2,1-2H3. The third kappa shape index (κ3) is 2.94. The second-order valence-corrected chi connectivity index (χ2v) is 4.21. The smallest absolute Gasteiger partial charge is 0.243 e. The molecule has 0 amide bonds. The fraction of sp³-hybridized carbons (Fsp3) is 0.385. The molecule has 96 valence electrons. The third-order valence-electron chi connectivity index (χ3n) is 2.67. The number of aryl methyl sites for hydroxylation is 1. The van der Waals surface area contributed by atoms with Crippen molar-refractivity contribution in [2.24, 2.45) is 5.73 Å². The first kappa shape index (κ1) is 12.7. The van der Waals surface area contributed by atoms with Gasteiger partial charge in [0.05, 0.1) is 6.04 Å². The number of benzene rings is 1. The molecule has 2 aromatic rings. The number of hydrogen-bond donors (Lipinski definition) is 1. The molecule has 1 aromatic carbocycles. The Bertz CT molecular complexity index is 510. The molecule has 0 radical (unpaired) electrons. The van der Waals surface area contributed by atoms with Crippen LogP contribution in [0.1, 0.15) is 23.9 Å². The molecule has 1 aromatic heterocycles. The minimum absolute atomic E-state index is 0.281. The van der Waals surface area contributed by atoms with Gasteiger partial charge in [0.25, 0.3) is 0 Å². The van der Waals surface area contributed by atoms with Crippen molar-refractivity contribution in [1.29, 1.82) is 0 Å². The van der Waals surface area contributed by atoms with Crippen LogP contribution in [0, 0.1) is 6.92 Å². The molecule has 1 unspecified atom stereocenters. The highest BCUT2D eigenvalue weighted by molar-refractivity contribution is 5.55. The molecule has 1 atom stereocenters. The molecule has 2 N–H and O–H groups in total. The van der Waals surface area contributed by atoms with Crippen molar-refractivity contribution in [1.82, 2.24) is 10.1 Å². The van der Waals surface area contributed by atoms with E-state index >= 15 is 0 Å². The van der Waals surface area contributed by atoms with E-state index in [4.69, 9.17) is 15.0 Å². The van der Waals surface area contributed by atoms with Gasteiger partial charge in [-0.1, -0.05) is 28.9 Å². The average Bonchev–Trinajstić information content (AvgIpc) is 2.85. The molecule has 18 heavy (non-hydrogen) atoms. The second-order valence-electron chi connectivity index (χ2n) is 4.21. The quantitative estimate of drug-likeness (QED) is 0.875. The van der Waals surface area contributed by atoms with E-state index in [0.717, 1.165) is 11.1 Å². The van der Waals surface area contributed by atoms with Crippen molar-refractivity contribution >= 4 is 0 Å². The first-order valence-electron chi connectivity index (χ1n) is 5.86. The minimum Gasteiger partial charge on any atom is -0.385 e. The second kappa shape index (κ2) is 5.75. The summed E-state index contributed by atoms with van der Waals surface area (Å²) in [6.07, 6.45) is 0.659. The van der Waals surface area contributed by atoms with Gasteiger partial charge in [-0.25, -0.2) is 0 Å². The number of ether oxygens (including phenoxy) is 1. The fourth-order valence-electron chi connectivity index (χ4n) is 1.66. The van der Waals surface area contributed by atoms with Gasteiger partial charge >= 0.3 is 0 Å². The third-order valence-corrected chi connectivity index (χ3v) is 2.67.